The van der Waals surface area contributed by atoms with E-state index in [0.29, 0.717) is 16.8 Å². The maximum Gasteiger partial charge on any atom is 0.258 e. The average Bonchev–Trinajstić information content (AvgIpc) is 2.55. The van der Waals surface area contributed by atoms with Crippen LogP contribution in [0.25, 0.3) is 0 Å². The fourth-order valence-electron chi connectivity index (χ4n) is 2.85. The molecule has 3 nitrogen and oxygen atoms in total. The summed E-state index contributed by atoms with van der Waals surface area (Å²) in [6.07, 6.45) is 3.50. The van der Waals surface area contributed by atoms with Crippen LogP contribution in [0.2, 0.25) is 5.02 Å². The van der Waals surface area contributed by atoms with Crippen molar-refractivity contribution in [3.05, 3.63) is 58.6 Å². The summed E-state index contributed by atoms with van der Waals surface area (Å²) >= 11 is 6.33. The molecule has 0 unspecified atom stereocenters. The molecule has 0 aliphatic carbocycles. The molecule has 3 rings (SSSR count). The first kappa shape index (κ1) is 16.7. The summed E-state index contributed by atoms with van der Waals surface area (Å²) < 4.78 is 26.6. The zero-order valence-electron chi connectivity index (χ0n) is 13.0. The minimum atomic E-state index is -0.900. The maximum atomic E-state index is 13.7. The SMILES string of the molecule is O=C(Nc1ccc(N2CCCCC2)c(Cl)c1)c1ccc(F)cc1F. The molecule has 2 aromatic carbocycles. The number of nitrogens with one attached hydrogen (secondary N) is 1. The Labute approximate surface area is 144 Å². The van der Waals surface area contributed by atoms with Crippen LogP contribution in [-0.4, -0.2) is 19.0 Å². The Morgan fingerprint density at radius 1 is 1.04 bits per heavy atom. The van der Waals surface area contributed by atoms with Crippen molar-refractivity contribution in [2.75, 3.05) is 23.3 Å². The van der Waals surface area contributed by atoms with Crippen LogP contribution in [0.3, 0.4) is 0 Å². The highest BCUT2D eigenvalue weighted by Gasteiger charge is 2.16. The standard InChI is InChI=1S/C18H17ClF2N2O/c19-15-11-13(5-7-17(15)23-8-2-1-3-9-23)22-18(24)14-6-4-12(20)10-16(14)21/h4-7,10-11H,1-3,8-9H2,(H,22,24). The summed E-state index contributed by atoms with van der Waals surface area (Å²) in [5.41, 5.74) is 1.18. The lowest BCUT2D eigenvalue weighted by Gasteiger charge is -2.29. The van der Waals surface area contributed by atoms with Gasteiger partial charge in [0.15, 0.2) is 0 Å². The fourth-order valence-corrected chi connectivity index (χ4v) is 3.15. The van der Waals surface area contributed by atoms with Crippen LogP contribution in [0, 0.1) is 11.6 Å². The summed E-state index contributed by atoms with van der Waals surface area (Å²) in [7, 11) is 0. The number of piperidine rings is 1. The topological polar surface area (TPSA) is 32.3 Å². The molecule has 0 radical (unpaired) electrons. The first-order valence-corrected chi connectivity index (χ1v) is 8.23. The first-order chi connectivity index (χ1) is 11.5. The van der Waals surface area contributed by atoms with E-state index >= 15 is 0 Å². The van der Waals surface area contributed by atoms with Crippen LogP contribution in [0.15, 0.2) is 36.4 Å². The third kappa shape index (κ3) is 3.67. The summed E-state index contributed by atoms with van der Waals surface area (Å²) in [6, 6.07) is 8.07. The predicted molar refractivity (Wildman–Crippen MR) is 91.8 cm³/mol. The van der Waals surface area contributed by atoms with E-state index in [1.54, 1.807) is 12.1 Å². The highest BCUT2D eigenvalue weighted by atomic mass is 35.5. The van der Waals surface area contributed by atoms with Gasteiger partial charge in [0.25, 0.3) is 5.91 Å². The van der Waals surface area contributed by atoms with Crippen LogP contribution in [0.5, 0.6) is 0 Å². The van der Waals surface area contributed by atoms with Crippen molar-refractivity contribution in [3.8, 4) is 0 Å². The third-order valence-electron chi connectivity index (χ3n) is 4.08. The molecule has 24 heavy (non-hydrogen) atoms. The Hall–Kier alpha value is -2.14. The van der Waals surface area contributed by atoms with E-state index in [1.165, 1.54) is 6.42 Å². The zero-order valence-corrected chi connectivity index (χ0v) is 13.7. The second-order valence-corrected chi connectivity index (χ2v) is 6.20. The number of rotatable bonds is 3. The van der Waals surface area contributed by atoms with E-state index in [1.807, 2.05) is 6.07 Å². The van der Waals surface area contributed by atoms with E-state index in [-0.39, 0.29) is 5.56 Å². The van der Waals surface area contributed by atoms with Crippen LogP contribution < -0.4 is 10.2 Å². The highest BCUT2D eigenvalue weighted by molar-refractivity contribution is 6.33. The van der Waals surface area contributed by atoms with Gasteiger partial charge in [-0.15, -0.1) is 0 Å². The van der Waals surface area contributed by atoms with Gasteiger partial charge in [0, 0.05) is 24.8 Å². The lowest BCUT2D eigenvalue weighted by atomic mass is 10.1. The number of nitrogens with zero attached hydrogens (tertiary/aromatic N) is 1. The number of amides is 1. The van der Waals surface area contributed by atoms with Crippen LogP contribution >= 0.6 is 11.6 Å². The molecule has 0 saturated carbocycles. The van der Waals surface area contributed by atoms with E-state index in [2.05, 4.69) is 10.2 Å². The van der Waals surface area contributed by atoms with Crippen molar-refractivity contribution in [1.82, 2.24) is 0 Å². The van der Waals surface area contributed by atoms with Crippen LogP contribution in [-0.2, 0) is 0 Å². The molecule has 126 valence electrons. The number of carbonyl (C=O) groups is 1. The average molecular weight is 351 g/mol. The molecule has 1 saturated heterocycles. The van der Waals surface area contributed by atoms with Gasteiger partial charge in [-0.25, -0.2) is 8.78 Å². The molecule has 1 aliphatic heterocycles. The molecule has 0 spiro atoms. The minimum Gasteiger partial charge on any atom is -0.370 e. The fraction of sp³-hybridized carbons (Fsp3) is 0.278. The zero-order chi connectivity index (χ0) is 17.1. The van der Waals surface area contributed by atoms with E-state index in [0.717, 1.165) is 43.8 Å². The monoisotopic (exact) mass is 350 g/mol. The van der Waals surface area contributed by atoms with Crippen molar-refractivity contribution in [2.45, 2.75) is 19.3 Å². The lowest BCUT2D eigenvalue weighted by Crippen LogP contribution is -2.29. The minimum absolute atomic E-state index is 0.215. The molecule has 0 aromatic heterocycles. The summed E-state index contributed by atoms with van der Waals surface area (Å²) in [6.45, 7) is 1.93. The predicted octanol–water partition coefficient (Wildman–Crippen LogP) is 4.86. The van der Waals surface area contributed by atoms with Crippen LogP contribution in [0.1, 0.15) is 29.6 Å². The normalized spacial score (nSPS) is 14.5. The molecule has 1 N–H and O–H groups in total. The van der Waals surface area contributed by atoms with Gasteiger partial charge in [-0.05, 0) is 49.6 Å². The summed E-state index contributed by atoms with van der Waals surface area (Å²) in [4.78, 5) is 14.3. The number of halogens is 3. The van der Waals surface area contributed by atoms with Crippen molar-refractivity contribution in [1.29, 1.82) is 0 Å². The number of anilines is 2. The van der Waals surface area contributed by atoms with Gasteiger partial charge in [0.05, 0.1) is 16.3 Å². The summed E-state index contributed by atoms with van der Waals surface area (Å²) in [5.74, 6) is -2.27. The first-order valence-electron chi connectivity index (χ1n) is 7.85. The Kier molecular flexibility index (Phi) is 5.00. The molecule has 0 bridgehead atoms. The van der Waals surface area contributed by atoms with Crippen molar-refractivity contribution < 1.29 is 13.6 Å². The molecule has 0 atom stereocenters. The van der Waals surface area contributed by atoms with Crippen molar-refractivity contribution in [2.24, 2.45) is 0 Å². The Morgan fingerprint density at radius 3 is 2.46 bits per heavy atom. The largest absolute Gasteiger partial charge is 0.370 e. The Bertz CT molecular complexity index is 761. The van der Waals surface area contributed by atoms with E-state index < -0.39 is 17.5 Å². The number of hydrogen-bond acceptors (Lipinski definition) is 2. The van der Waals surface area contributed by atoms with Gasteiger partial charge >= 0.3 is 0 Å². The highest BCUT2D eigenvalue weighted by Crippen LogP contribution is 2.31. The molecule has 1 heterocycles. The quantitative estimate of drug-likeness (QED) is 0.857. The smallest absolute Gasteiger partial charge is 0.258 e. The third-order valence-corrected chi connectivity index (χ3v) is 4.38. The Morgan fingerprint density at radius 2 is 1.79 bits per heavy atom. The molecule has 1 amide bonds. The molecule has 2 aromatic rings. The van der Waals surface area contributed by atoms with Gasteiger partial charge in [0.1, 0.15) is 11.6 Å². The molecule has 1 aliphatic rings. The molecular weight excluding hydrogens is 334 g/mol. The second-order valence-electron chi connectivity index (χ2n) is 5.79. The molecular formula is C18H17ClF2N2O. The van der Waals surface area contributed by atoms with E-state index in [9.17, 15) is 13.6 Å². The maximum absolute atomic E-state index is 13.7. The van der Waals surface area contributed by atoms with Crippen LogP contribution in [0.4, 0.5) is 20.2 Å². The van der Waals surface area contributed by atoms with Crippen molar-refractivity contribution >= 4 is 28.9 Å². The second kappa shape index (κ2) is 7.18. The number of benzene rings is 2. The lowest BCUT2D eigenvalue weighted by molar-refractivity contribution is 0.102. The van der Waals surface area contributed by atoms with Gasteiger partial charge in [-0.1, -0.05) is 11.6 Å². The summed E-state index contributed by atoms with van der Waals surface area (Å²) in [5, 5.41) is 3.12. The number of hydrogen-bond donors (Lipinski definition) is 1. The van der Waals surface area contributed by atoms with Gasteiger partial charge in [-0.3, -0.25) is 4.79 Å². The van der Waals surface area contributed by atoms with Gasteiger partial charge < -0.3 is 10.2 Å². The van der Waals surface area contributed by atoms with Gasteiger partial charge in [-0.2, -0.15) is 0 Å². The van der Waals surface area contributed by atoms with Crippen molar-refractivity contribution in [3.63, 3.8) is 0 Å². The molecule has 6 heteroatoms. The number of carbonyl (C=O) groups excluding carboxylic acids is 1. The van der Waals surface area contributed by atoms with E-state index in [4.69, 9.17) is 11.6 Å². The Balaban J connectivity index is 1.75. The van der Waals surface area contributed by atoms with Gasteiger partial charge in [0.2, 0.25) is 0 Å². The molecule has 1 fully saturated rings.